The molecular formula is C17H20N2O3S. The number of benzene rings is 1. The number of nitrogens with one attached hydrogen (secondary N) is 2. The Balaban J connectivity index is 2.08. The molecule has 2 rings (SSSR count). The van der Waals surface area contributed by atoms with Crippen LogP contribution in [0.3, 0.4) is 0 Å². The first-order valence-electron chi connectivity index (χ1n) is 7.37. The minimum atomic E-state index is -0.186. The van der Waals surface area contributed by atoms with E-state index in [-0.39, 0.29) is 11.8 Å². The fraction of sp³-hybridized carbons (Fsp3) is 0.294. The Bertz CT molecular complexity index is 710. The third kappa shape index (κ3) is 4.82. The molecule has 0 spiro atoms. The van der Waals surface area contributed by atoms with Crippen LogP contribution in [-0.4, -0.2) is 18.4 Å². The quantitative estimate of drug-likeness (QED) is 0.852. The van der Waals surface area contributed by atoms with Gasteiger partial charge in [0.1, 0.15) is 5.75 Å². The van der Waals surface area contributed by atoms with Crippen molar-refractivity contribution in [2.75, 3.05) is 11.9 Å². The van der Waals surface area contributed by atoms with Crippen molar-refractivity contribution >= 4 is 28.8 Å². The van der Waals surface area contributed by atoms with Crippen LogP contribution in [0.5, 0.6) is 5.75 Å². The zero-order valence-corrected chi connectivity index (χ0v) is 14.3. The fourth-order valence-electron chi connectivity index (χ4n) is 2.00. The zero-order chi connectivity index (χ0) is 16.8. The van der Waals surface area contributed by atoms with Gasteiger partial charge in [-0.05, 0) is 43.7 Å². The predicted octanol–water partition coefficient (Wildman–Crippen LogP) is 3.34. The van der Waals surface area contributed by atoms with Crippen LogP contribution < -0.4 is 15.4 Å². The number of aryl methyl sites for hydroxylation is 1. The Labute approximate surface area is 139 Å². The number of carbonyl (C=O) groups is 2. The lowest BCUT2D eigenvalue weighted by Crippen LogP contribution is -2.18. The number of amides is 2. The first-order chi connectivity index (χ1) is 11.0. The highest BCUT2D eigenvalue weighted by Gasteiger charge is 2.12. The molecule has 0 atom stereocenters. The number of carbonyl (C=O) groups excluding carboxylic acids is 2. The average Bonchev–Trinajstić information content (AvgIpc) is 2.97. The van der Waals surface area contributed by atoms with Crippen molar-refractivity contribution in [3.63, 3.8) is 0 Å². The van der Waals surface area contributed by atoms with E-state index in [1.165, 1.54) is 18.3 Å². The van der Waals surface area contributed by atoms with Crippen LogP contribution in [0.25, 0.3) is 0 Å². The number of rotatable bonds is 6. The molecule has 1 aromatic heterocycles. The van der Waals surface area contributed by atoms with Gasteiger partial charge in [0.25, 0.3) is 5.91 Å². The van der Waals surface area contributed by atoms with Crippen LogP contribution in [0.2, 0.25) is 0 Å². The van der Waals surface area contributed by atoms with Crippen molar-refractivity contribution < 1.29 is 14.3 Å². The van der Waals surface area contributed by atoms with Crippen LogP contribution in [0, 0.1) is 6.92 Å². The standard InChI is InChI=1S/C17H20N2O3S/c1-4-22-15-9-11(2)5-7-14(15)19-17(21)16-8-6-13(23-16)10-18-12(3)20/h5-9H,4,10H2,1-3H3,(H,18,20)(H,19,21). The first kappa shape index (κ1) is 17.0. The minimum Gasteiger partial charge on any atom is -0.492 e. The largest absolute Gasteiger partial charge is 0.492 e. The van der Waals surface area contributed by atoms with Gasteiger partial charge in [0, 0.05) is 11.8 Å². The molecule has 1 aromatic carbocycles. The molecule has 0 unspecified atom stereocenters. The zero-order valence-electron chi connectivity index (χ0n) is 13.4. The lowest BCUT2D eigenvalue weighted by molar-refractivity contribution is -0.119. The third-order valence-corrected chi connectivity index (χ3v) is 4.17. The van der Waals surface area contributed by atoms with E-state index in [4.69, 9.17) is 4.74 Å². The normalized spacial score (nSPS) is 10.2. The maximum atomic E-state index is 12.4. The van der Waals surface area contributed by atoms with Crippen molar-refractivity contribution in [1.82, 2.24) is 5.32 Å². The van der Waals surface area contributed by atoms with Crippen molar-refractivity contribution in [3.8, 4) is 5.75 Å². The van der Waals surface area contributed by atoms with Crippen LogP contribution in [0.1, 0.15) is 34.0 Å². The second-order valence-corrected chi connectivity index (χ2v) is 6.23. The second-order valence-electron chi connectivity index (χ2n) is 5.06. The molecule has 0 saturated heterocycles. The summed E-state index contributed by atoms with van der Waals surface area (Å²) in [6.45, 7) is 6.31. The average molecular weight is 332 g/mol. The molecule has 23 heavy (non-hydrogen) atoms. The monoisotopic (exact) mass is 332 g/mol. The van der Waals surface area contributed by atoms with E-state index >= 15 is 0 Å². The highest BCUT2D eigenvalue weighted by molar-refractivity contribution is 7.14. The fourth-order valence-corrected chi connectivity index (χ4v) is 2.84. The molecule has 2 amide bonds. The number of hydrogen-bond acceptors (Lipinski definition) is 4. The Morgan fingerprint density at radius 1 is 1.22 bits per heavy atom. The van der Waals surface area contributed by atoms with Crippen LogP contribution in [0.15, 0.2) is 30.3 Å². The molecule has 5 nitrogen and oxygen atoms in total. The van der Waals surface area contributed by atoms with E-state index in [1.54, 1.807) is 6.07 Å². The van der Waals surface area contributed by atoms with Crippen LogP contribution >= 0.6 is 11.3 Å². The summed E-state index contributed by atoms with van der Waals surface area (Å²) >= 11 is 1.36. The molecule has 0 saturated carbocycles. The van der Waals surface area contributed by atoms with Gasteiger partial charge in [-0.2, -0.15) is 0 Å². The van der Waals surface area contributed by atoms with E-state index in [9.17, 15) is 9.59 Å². The van der Waals surface area contributed by atoms with E-state index in [0.717, 1.165) is 10.4 Å². The van der Waals surface area contributed by atoms with Gasteiger partial charge < -0.3 is 15.4 Å². The lowest BCUT2D eigenvalue weighted by atomic mass is 10.2. The van der Waals surface area contributed by atoms with E-state index in [0.29, 0.717) is 29.5 Å². The summed E-state index contributed by atoms with van der Waals surface area (Å²) in [6, 6.07) is 9.26. The van der Waals surface area contributed by atoms with Crippen LogP contribution in [-0.2, 0) is 11.3 Å². The minimum absolute atomic E-state index is 0.0922. The Kier molecular flexibility index (Phi) is 5.76. The maximum Gasteiger partial charge on any atom is 0.265 e. The molecular weight excluding hydrogens is 312 g/mol. The molecule has 2 N–H and O–H groups in total. The smallest absolute Gasteiger partial charge is 0.265 e. The van der Waals surface area contributed by atoms with Crippen molar-refractivity contribution in [2.45, 2.75) is 27.3 Å². The number of ether oxygens (including phenoxy) is 1. The molecule has 0 radical (unpaired) electrons. The highest BCUT2D eigenvalue weighted by atomic mass is 32.1. The third-order valence-electron chi connectivity index (χ3n) is 3.08. The van der Waals surface area contributed by atoms with Gasteiger partial charge in [-0.1, -0.05) is 6.07 Å². The SMILES string of the molecule is CCOc1cc(C)ccc1NC(=O)c1ccc(CNC(C)=O)s1. The Morgan fingerprint density at radius 2 is 2.00 bits per heavy atom. The summed E-state index contributed by atoms with van der Waals surface area (Å²) in [7, 11) is 0. The van der Waals surface area contributed by atoms with E-state index in [2.05, 4.69) is 10.6 Å². The van der Waals surface area contributed by atoms with Gasteiger partial charge in [-0.25, -0.2) is 0 Å². The number of thiophene rings is 1. The molecule has 0 aliphatic rings. The summed E-state index contributed by atoms with van der Waals surface area (Å²) in [5, 5.41) is 5.59. The maximum absolute atomic E-state index is 12.4. The number of anilines is 1. The summed E-state index contributed by atoms with van der Waals surface area (Å²) in [4.78, 5) is 24.8. The van der Waals surface area contributed by atoms with Crippen molar-refractivity contribution in [2.24, 2.45) is 0 Å². The summed E-state index contributed by atoms with van der Waals surface area (Å²) in [5.41, 5.74) is 1.72. The Hall–Kier alpha value is -2.34. The first-order valence-corrected chi connectivity index (χ1v) is 8.19. The van der Waals surface area contributed by atoms with Crippen molar-refractivity contribution in [3.05, 3.63) is 45.6 Å². The lowest BCUT2D eigenvalue weighted by Gasteiger charge is -2.11. The van der Waals surface area contributed by atoms with Gasteiger partial charge >= 0.3 is 0 Å². The molecule has 1 heterocycles. The van der Waals surface area contributed by atoms with E-state index in [1.807, 2.05) is 38.1 Å². The molecule has 0 aliphatic carbocycles. The molecule has 0 bridgehead atoms. The molecule has 122 valence electrons. The predicted molar refractivity (Wildman–Crippen MR) is 92.1 cm³/mol. The van der Waals surface area contributed by atoms with Crippen molar-refractivity contribution in [1.29, 1.82) is 0 Å². The second kappa shape index (κ2) is 7.78. The van der Waals surface area contributed by atoms with Gasteiger partial charge in [0.2, 0.25) is 5.91 Å². The van der Waals surface area contributed by atoms with Gasteiger partial charge in [-0.3, -0.25) is 9.59 Å². The van der Waals surface area contributed by atoms with Crippen LogP contribution in [0.4, 0.5) is 5.69 Å². The van der Waals surface area contributed by atoms with E-state index < -0.39 is 0 Å². The van der Waals surface area contributed by atoms with Gasteiger partial charge in [-0.15, -0.1) is 11.3 Å². The summed E-state index contributed by atoms with van der Waals surface area (Å²) < 4.78 is 5.57. The summed E-state index contributed by atoms with van der Waals surface area (Å²) in [5.74, 6) is 0.384. The highest BCUT2D eigenvalue weighted by Crippen LogP contribution is 2.27. The number of hydrogen-bond donors (Lipinski definition) is 2. The van der Waals surface area contributed by atoms with Gasteiger partial charge in [0.15, 0.2) is 0 Å². The van der Waals surface area contributed by atoms with Gasteiger partial charge in [0.05, 0.1) is 23.7 Å². The topological polar surface area (TPSA) is 67.4 Å². The molecule has 0 aliphatic heterocycles. The summed E-state index contributed by atoms with van der Waals surface area (Å²) in [6.07, 6.45) is 0. The molecule has 2 aromatic rings. The molecule has 0 fully saturated rings. The Morgan fingerprint density at radius 3 is 2.70 bits per heavy atom. The molecule has 6 heteroatoms.